The molecule has 0 spiro atoms. The number of aliphatic hydroxyl groups excluding tert-OH is 1. The molecule has 36 heavy (non-hydrogen) atoms. The summed E-state index contributed by atoms with van der Waals surface area (Å²) in [5.41, 5.74) is 1.76. The van der Waals surface area contributed by atoms with Gasteiger partial charge in [0.05, 0.1) is 33.9 Å². The van der Waals surface area contributed by atoms with Crippen LogP contribution in [0, 0.1) is 17.0 Å². The Morgan fingerprint density at radius 3 is 2.61 bits per heavy atom. The molecule has 0 saturated carbocycles. The molecule has 5 rings (SSSR count). The maximum absolute atomic E-state index is 13.4. The first kappa shape index (κ1) is 23.2. The summed E-state index contributed by atoms with van der Waals surface area (Å²) >= 11 is 1.22. The molecule has 0 radical (unpaired) electrons. The molecule has 1 atom stereocenters. The largest absolute Gasteiger partial charge is 0.507 e. The zero-order chi connectivity index (χ0) is 25.6. The molecule has 1 aromatic heterocycles. The third-order valence-corrected chi connectivity index (χ3v) is 6.94. The summed E-state index contributed by atoms with van der Waals surface area (Å²) in [4.78, 5) is 43.2. The van der Waals surface area contributed by atoms with E-state index < -0.39 is 28.4 Å². The summed E-state index contributed by atoms with van der Waals surface area (Å²) < 4.78 is 6.04. The highest BCUT2D eigenvalue weighted by Gasteiger charge is 2.48. The Morgan fingerprint density at radius 2 is 1.89 bits per heavy atom. The molecule has 1 unspecified atom stereocenters. The van der Waals surface area contributed by atoms with Crippen LogP contribution in [0.15, 0.2) is 72.3 Å². The first-order chi connectivity index (χ1) is 17.3. The van der Waals surface area contributed by atoms with Crippen LogP contribution in [0.2, 0.25) is 0 Å². The van der Waals surface area contributed by atoms with E-state index in [1.807, 2.05) is 19.1 Å². The highest BCUT2D eigenvalue weighted by Crippen LogP contribution is 2.44. The predicted molar refractivity (Wildman–Crippen MR) is 135 cm³/mol. The number of aryl methyl sites for hydroxylation is 1. The molecule has 2 heterocycles. The van der Waals surface area contributed by atoms with Gasteiger partial charge in [-0.25, -0.2) is 4.98 Å². The SMILES string of the molecule is COc1ccc2nc(N3C(=O)C(=O)/C(=C(/O)c4cccc([N+](=O)[O-])c4)C3c3cccc(C)c3)sc2c1. The van der Waals surface area contributed by atoms with Gasteiger partial charge in [-0.3, -0.25) is 24.6 Å². The number of ether oxygens (including phenoxy) is 1. The lowest BCUT2D eigenvalue weighted by atomic mass is 9.94. The number of carbonyl (C=O) groups excluding carboxylic acids is 2. The second-order valence-electron chi connectivity index (χ2n) is 8.22. The van der Waals surface area contributed by atoms with E-state index in [2.05, 4.69) is 4.98 Å². The minimum atomic E-state index is -0.980. The lowest BCUT2D eigenvalue weighted by molar-refractivity contribution is -0.384. The molecule has 0 bridgehead atoms. The number of aliphatic hydroxyl groups is 1. The zero-order valence-corrected chi connectivity index (χ0v) is 20.0. The van der Waals surface area contributed by atoms with E-state index in [0.717, 1.165) is 10.3 Å². The van der Waals surface area contributed by atoms with Crippen LogP contribution in [0.3, 0.4) is 0 Å². The number of methoxy groups -OCH3 is 1. The van der Waals surface area contributed by atoms with Gasteiger partial charge < -0.3 is 9.84 Å². The Hall–Kier alpha value is -4.57. The molecule has 1 saturated heterocycles. The Morgan fingerprint density at radius 1 is 1.11 bits per heavy atom. The Bertz CT molecular complexity index is 1590. The first-order valence-corrected chi connectivity index (χ1v) is 11.7. The van der Waals surface area contributed by atoms with Crippen molar-refractivity contribution in [2.75, 3.05) is 12.0 Å². The second-order valence-corrected chi connectivity index (χ2v) is 9.23. The van der Waals surface area contributed by atoms with Crippen molar-refractivity contribution in [3.8, 4) is 5.75 Å². The maximum Gasteiger partial charge on any atom is 0.301 e. The van der Waals surface area contributed by atoms with E-state index in [1.54, 1.807) is 37.4 Å². The van der Waals surface area contributed by atoms with Crippen LogP contribution in [0.25, 0.3) is 16.0 Å². The summed E-state index contributed by atoms with van der Waals surface area (Å²) in [5, 5.41) is 22.8. The minimum Gasteiger partial charge on any atom is -0.507 e. The normalized spacial score (nSPS) is 17.1. The van der Waals surface area contributed by atoms with Crippen LogP contribution in [0.5, 0.6) is 5.75 Å². The van der Waals surface area contributed by atoms with Crippen molar-refractivity contribution >= 4 is 49.8 Å². The maximum atomic E-state index is 13.4. The molecule has 180 valence electrons. The van der Waals surface area contributed by atoms with Gasteiger partial charge in [-0.15, -0.1) is 0 Å². The van der Waals surface area contributed by atoms with Crippen LogP contribution in [-0.4, -0.2) is 33.8 Å². The number of aromatic nitrogens is 1. The van der Waals surface area contributed by atoms with E-state index in [4.69, 9.17) is 4.74 Å². The molecule has 0 aliphatic carbocycles. The van der Waals surface area contributed by atoms with Crippen molar-refractivity contribution in [3.05, 3.63) is 99.1 Å². The van der Waals surface area contributed by atoms with Gasteiger partial charge in [-0.05, 0) is 30.7 Å². The molecule has 10 heteroatoms. The smallest absolute Gasteiger partial charge is 0.301 e. The molecule has 1 aliphatic rings. The fraction of sp³-hybridized carbons (Fsp3) is 0.115. The number of carbonyl (C=O) groups is 2. The summed E-state index contributed by atoms with van der Waals surface area (Å²) in [6.07, 6.45) is 0. The Labute approximate surface area is 209 Å². The number of non-ortho nitro benzene ring substituents is 1. The fourth-order valence-corrected chi connectivity index (χ4v) is 5.25. The summed E-state index contributed by atoms with van der Waals surface area (Å²) in [7, 11) is 1.55. The number of hydrogen-bond acceptors (Lipinski definition) is 8. The number of ketones is 1. The van der Waals surface area contributed by atoms with E-state index in [1.165, 1.54) is 40.5 Å². The number of fused-ring (bicyclic) bond motifs is 1. The predicted octanol–water partition coefficient (Wildman–Crippen LogP) is 5.15. The molecule has 9 nitrogen and oxygen atoms in total. The highest BCUT2D eigenvalue weighted by atomic mass is 32.1. The number of nitro groups is 1. The lowest BCUT2D eigenvalue weighted by Gasteiger charge is -2.23. The average Bonchev–Trinajstić information content (AvgIpc) is 3.41. The van der Waals surface area contributed by atoms with E-state index in [-0.39, 0.29) is 22.0 Å². The van der Waals surface area contributed by atoms with E-state index >= 15 is 0 Å². The van der Waals surface area contributed by atoms with E-state index in [0.29, 0.717) is 16.8 Å². The van der Waals surface area contributed by atoms with Crippen LogP contribution in [0.1, 0.15) is 22.7 Å². The van der Waals surface area contributed by atoms with Crippen LogP contribution in [-0.2, 0) is 9.59 Å². The van der Waals surface area contributed by atoms with Crippen LogP contribution < -0.4 is 9.64 Å². The second kappa shape index (κ2) is 8.90. The topological polar surface area (TPSA) is 123 Å². The average molecular weight is 502 g/mol. The van der Waals surface area contributed by atoms with Gasteiger partial charge in [-0.2, -0.15) is 0 Å². The fourth-order valence-electron chi connectivity index (χ4n) is 4.23. The van der Waals surface area contributed by atoms with Crippen molar-refractivity contribution in [2.24, 2.45) is 0 Å². The standard InChI is InChI=1S/C26H19N3O6S/c1-14-5-3-6-15(11-14)22-21(23(30)16-7-4-8-17(12-16)29(33)34)24(31)25(32)28(22)26-27-19-10-9-18(35-2)13-20(19)36-26/h3-13,22,30H,1-2H3/b23-21+. The number of benzene rings is 3. The summed E-state index contributed by atoms with van der Waals surface area (Å²) in [6, 6.07) is 16.9. The van der Waals surface area contributed by atoms with Crippen molar-refractivity contribution in [2.45, 2.75) is 13.0 Å². The number of anilines is 1. The highest BCUT2D eigenvalue weighted by molar-refractivity contribution is 7.22. The monoisotopic (exact) mass is 501 g/mol. The van der Waals surface area contributed by atoms with Crippen molar-refractivity contribution in [1.82, 2.24) is 4.98 Å². The molecule has 1 fully saturated rings. The molecule has 1 amide bonds. The van der Waals surface area contributed by atoms with Crippen molar-refractivity contribution in [3.63, 3.8) is 0 Å². The van der Waals surface area contributed by atoms with Gasteiger partial charge in [0.25, 0.3) is 11.5 Å². The zero-order valence-electron chi connectivity index (χ0n) is 19.2. The molecular weight excluding hydrogens is 482 g/mol. The number of hydrogen-bond donors (Lipinski definition) is 1. The van der Waals surface area contributed by atoms with E-state index in [9.17, 15) is 24.8 Å². The van der Waals surface area contributed by atoms with Gasteiger partial charge in [-0.1, -0.05) is 53.3 Å². The van der Waals surface area contributed by atoms with Crippen molar-refractivity contribution in [1.29, 1.82) is 0 Å². The first-order valence-electron chi connectivity index (χ1n) is 10.9. The summed E-state index contributed by atoms with van der Waals surface area (Å²) in [6.45, 7) is 1.88. The number of Topliss-reactive ketones (excluding diaryl/α,β-unsaturated/α-hetero) is 1. The number of nitro benzene ring substituents is 1. The molecule has 4 aromatic rings. The van der Waals surface area contributed by atoms with Crippen LogP contribution >= 0.6 is 11.3 Å². The number of rotatable bonds is 5. The van der Waals surface area contributed by atoms with Gasteiger partial charge in [0, 0.05) is 17.7 Å². The Balaban J connectivity index is 1.73. The summed E-state index contributed by atoms with van der Waals surface area (Å²) in [5.74, 6) is -1.61. The molecule has 1 N–H and O–H groups in total. The molecule has 1 aliphatic heterocycles. The minimum absolute atomic E-state index is 0.0638. The van der Waals surface area contributed by atoms with Gasteiger partial charge in [0.1, 0.15) is 11.5 Å². The van der Waals surface area contributed by atoms with Gasteiger partial charge in [0.2, 0.25) is 0 Å². The quantitative estimate of drug-likeness (QED) is 0.132. The third-order valence-electron chi connectivity index (χ3n) is 5.92. The van der Waals surface area contributed by atoms with Crippen LogP contribution in [0.4, 0.5) is 10.8 Å². The van der Waals surface area contributed by atoms with Gasteiger partial charge in [0.15, 0.2) is 5.13 Å². The number of thiazole rings is 1. The third kappa shape index (κ3) is 3.87. The Kier molecular flexibility index (Phi) is 5.73. The molecule has 3 aromatic carbocycles. The van der Waals surface area contributed by atoms with Gasteiger partial charge >= 0.3 is 5.91 Å². The number of amides is 1. The number of nitrogens with zero attached hydrogens (tertiary/aromatic N) is 3. The lowest BCUT2D eigenvalue weighted by Crippen LogP contribution is -2.29. The molecular formula is C26H19N3O6S. The van der Waals surface area contributed by atoms with Crippen molar-refractivity contribution < 1.29 is 24.4 Å².